The van der Waals surface area contributed by atoms with Crippen molar-refractivity contribution in [3.8, 4) is 33.6 Å². The fourth-order valence-electron chi connectivity index (χ4n) is 5.69. The van der Waals surface area contributed by atoms with Crippen molar-refractivity contribution in [3.05, 3.63) is 140 Å². The molecule has 3 heteroatoms. The first-order chi connectivity index (χ1) is 19.8. The minimum Gasteiger partial charge on any atom is -0.264 e. The Morgan fingerprint density at radius 3 is 1.62 bits per heavy atom. The Morgan fingerprint density at radius 2 is 0.975 bits per heavy atom. The maximum atomic E-state index is 5.20. The monoisotopic (exact) mass is 509 g/mol. The average Bonchev–Trinajstić information content (AvgIpc) is 3.02. The van der Waals surface area contributed by atoms with Crippen LogP contribution in [0.5, 0.6) is 0 Å². The topological polar surface area (TPSA) is 38.7 Å². The summed E-state index contributed by atoms with van der Waals surface area (Å²) in [5.74, 6) is 0. The third kappa shape index (κ3) is 3.88. The van der Waals surface area contributed by atoms with Gasteiger partial charge in [-0.3, -0.25) is 9.97 Å². The molecule has 3 nitrogen and oxygen atoms in total. The van der Waals surface area contributed by atoms with E-state index >= 15 is 0 Å². The smallest absolute Gasteiger partial charge is 0.0715 e. The maximum absolute atomic E-state index is 5.20. The molecular weight excluding hydrogens is 486 g/mol. The number of fused-ring (bicyclic) bond motifs is 4. The molecule has 8 aromatic rings. The maximum Gasteiger partial charge on any atom is 0.0715 e. The number of hydrogen-bond acceptors (Lipinski definition) is 3. The van der Waals surface area contributed by atoms with Crippen molar-refractivity contribution in [2.24, 2.45) is 0 Å². The van der Waals surface area contributed by atoms with Gasteiger partial charge in [-0.05, 0) is 92.0 Å². The Bertz CT molecular complexity index is 2140. The van der Waals surface area contributed by atoms with E-state index in [0.29, 0.717) is 0 Å². The van der Waals surface area contributed by atoms with E-state index in [1.54, 1.807) is 0 Å². The quantitative estimate of drug-likeness (QED) is 0.223. The molecule has 0 spiro atoms. The molecule has 186 valence electrons. The zero-order chi connectivity index (χ0) is 26.5. The zero-order valence-corrected chi connectivity index (χ0v) is 21.6. The van der Waals surface area contributed by atoms with Gasteiger partial charge in [0.25, 0.3) is 0 Å². The molecular formula is C37H23N3. The van der Waals surface area contributed by atoms with Crippen LogP contribution in [0, 0.1) is 0 Å². The molecule has 0 saturated carbocycles. The van der Waals surface area contributed by atoms with E-state index in [1.807, 2.05) is 36.9 Å². The van der Waals surface area contributed by atoms with Crippen LogP contribution >= 0.6 is 0 Å². The second-order valence-electron chi connectivity index (χ2n) is 10.2. The molecule has 0 amide bonds. The van der Waals surface area contributed by atoms with Crippen LogP contribution in [0.2, 0.25) is 0 Å². The third-order valence-electron chi connectivity index (χ3n) is 7.76. The van der Waals surface area contributed by atoms with E-state index in [0.717, 1.165) is 49.6 Å². The summed E-state index contributed by atoms with van der Waals surface area (Å²) in [6.07, 6.45) is 7.49. The van der Waals surface area contributed by atoms with Crippen molar-refractivity contribution in [3.63, 3.8) is 0 Å². The second kappa shape index (κ2) is 9.11. The van der Waals surface area contributed by atoms with Gasteiger partial charge in [0, 0.05) is 46.7 Å². The highest BCUT2D eigenvalue weighted by Crippen LogP contribution is 2.36. The molecule has 0 atom stereocenters. The highest BCUT2D eigenvalue weighted by Gasteiger charge is 2.13. The van der Waals surface area contributed by atoms with Crippen LogP contribution in [-0.4, -0.2) is 15.0 Å². The number of rotatable bonds is 3. The summed E-state index contributed by atoms with van der Waals surface area (Å²) in [5.41, 5.74) is 6.33. The summed E-state index contributed by atoms with van der Waals surface area (Å²) < 4.78 is 0. The lowest BCUT2D eigenvalue weighted by molar-refractivity contribution is 1.32. The van der Waals surface area contributed by atoms with Crippen LogP contribution in [0.25, 0.3) is 76.7 Å². The lowest BCUT2D eigenvalue weighted by Gasteiger charge is -2.13. The fourth-order valence-corrected chi connectivity index (χ4v) is 5.69. The molecule has 0 aliphatic rings. The Kier molecular flexibility index (Phi) is 5.14. The molecule has 5 aromatic carbocycles. The second-order valence-corrected chi connectivity index (χ2v) is 10.2. The minimum absolute atomic E-state index is 0.933. The Labute approximate surface area is 231 Å². The summed E-state index contributed by atoms with van der Waals surface area (Å²) in [6, 6.07) is 41.2. The first-order valence-electron chi connectivity index (χ1n) is 13.4. The predicted molar refractivity (Wildman–Crippen MR) is 166 cm³/mol. The Balaban J connectivity index is 1.39. The minimum atomic E-state index is 0.933. The lowest BCUT2D eigenvalue weighted by atomic mass is 9.93. The van der Waals surface area contributed by atoms with E-state index in [2.05, 4.69) is 113 Å². The van der Waals surface area contributed by atoms with Crippen molar-refractivity contribution in [1.82, 2.24) is 15.0 Å². The summed E-state index contributed by atoms with van der Waals surface area (Å²) in [4.78, 5) is 13.9. The highest BCUT2D eigenvalue weighted by atomic mass is 14.7. The molecule has 0 aliphatic heterocycles. The first kappa shape index (κ1) is 22.6. The third-order valence-corrected chi connectivity index (χ3v) is 7.76. The van der Waals surface area contributed by atoms with Crippen LogP contribution in [0.4, 0.5) is 0 Å². The number of nitrogens with zero attached hydrogens (tertiary/aromatic N) is 3. The number of hydrogen-bond donors (Lipinski definition) is 0. The van der Waals surface area contributed by atoms with Crippen LogP contribution in [0.3, 0.4) is 0 Å². The Morgan fingerprint density at radius 1 is 0.375 bits per heavy atom. The van der Waals surface area contributed by atoms with E-state index in [4.69, 9.17) is 4.98 Å². The van der Waals surface area contributed by atoms with Crippen molar-refractivity contribution in [1.29, 1.82) is 0 Å². The van der Waals surface area contributed by atoms with Gasteiger partial charge < -0.3 is 0 Å². The normalized spacial score (nSPS) is 11.5. The molecule has 0 N–H and O–H groups in total. The van der Waals surface area contributed by atoms with Crippen molar-refractivity contribution >= 4 is 43.1 Å². The van der Waals surface area contributed by atoms with Gasteiger partial charge in [-0.25, -0.2) is 4.98 Å². The van der Waals surface area contributed by atoms with Crippen LogP contribution in [0.1, 0.15) is 0 Å². The lowest BCUT2D eigenvalue weighted by Crippen LogP contribution is -1.92. The molecule has 0 radical (unpaired) electrons. The van der Waals surface area contributed by atoms with Crippen molar-refractivity contribution < 1.29 is 0 Å². The summed E-state index contributed by atoms with van der Waals surface area (Å²) in [6.45, 7) is 0. The van der Waals surface area contributed by atoms with Gasteiger partial charge >= 0.3 is 0 Å². The highest BCUT2D eigenvalue weighted by molar-refractivity contribution is 6.05. The summed E-state index contributed by atoms with van der Waals surface area (Å²) in [7, 11) is 0. The summed E-state index contributed by atoms with van der Waals surface area (Å²) in [5, 5.41) is 9.47. The van der Waals surface area contributed by atoms with Gasteiger partial charge in [-0.2, -0.15) is 0 Å². The van der Waals surface area contributed by atoms with Gasteiger partial charge in [-0.15, -0.1) is 0 Å². The average molecular weight is 510 g/mol. The van der Waals surface area contributed by atoms with Crippen LogP contribution in [0.15, 0.2) is 140 Å². The number of aromatic nitrogens is 3. The van der Waals surface area contributed by atoms with Crippen molar-refractivity contribution in [2.45, 2.75) is 0 Å². The van der Waals surface area contributed by atoms with E-state index in [-0.39, 0.29) is 0 Å². The van der Waals surface area contributed by atoms with E-state index in [1.165, 1.54) is 27.1 Å². The zero-order valence-electron chi connectivity index (χ0n) is 21.6. The van der Waals surface area contributed by atoms with Crippen LogP contribution in [-0.2, 0) is 0 Å². The SMILES string of the molecule is c1ccc2cc3c(-c4cc(-c5ccc6ccncc6c5)nc(-c5ccc6ccncc6c5)c4)cccc3cc2c1. The largest absolute Gasteiger partial charge is 0.264 e. The van der Waals surface area contributed by atoms with Gasteiger partial charge in [-0.1, -0.05) is 66.7 Å². The summed E-state index contributed by atoms with van der Waals surface area (Å²) >= 11 is 0. The molecule has 0 unspecified atom stereocenters. The molecule has 0 saturated heterocycles. The van der Waals surface area contributed by atoms with Gasteiger partial charge in [0.15, 0.2) is 0 Å². The first-order valence-corrected chi connectivity index (χ1v) is 13.4. The van der Waals surface area contributed by atoms with E-state index in [9.17, 15) is 0 Å². The van der Waals surface area contributed by atoms with Gasteiger partial charge in [0.1, 0.15) is 0 Å². The Hall–Kier alpha value is -5.41. The number of benzene rings is 5. The number of pyridine rings is 3. The molecule has 0 fully saturated rings. The molecule has 0 bridgehead atoms. The van der Waals surface area contributed by atoms with Gasteiger partial charge in [0.05, 0.1) is 11.4 Å². The van der Waals surface area contributed by atoms with Crippen LogP contribution < -0.4 is 0 Å². The van der Waals surface area contributed by atoms with Gasteiger partial charge in [0.2, 0.25) is 0 Å². The predicted octanol–water partition coefficient (Wildman–Crippen LogP) is 9.49. The fraction of sp³-hybridized carbons (Fsp3) is 0. The standard InChI is InChI=1S/C37H23N3/c1-2-5-27-19-35-28(16-26(27)4-1)6-3-7-34(35)31-20-36(29-10-8-24-12-14-38-22-32(24)17-29)40-37(21-31)30-11-9-25-13-15-39-23-33(25)18-30/h1-23H. The molecule has 3 aromatic heterocycles. The van der Waals surface area contributed by atoms with E-state index < -0.39 is 0 Å². The molecule has 3 heterocycles. The van der Waals surface area contributed by atoms with Crippen molar-refractivity contribution in [2.75, 3.05) is 0 Å². The molecule has 0 aliphatic carbocycles. The molecule has 8 rings (SSSR count). The molecule has 40 heavy (non-hydrogen) atoms.